The Labute approximate surface area is 123 Å². The van der Waals surface area contributed by atoms with Gasteiger partial charge in [-0.15, -0.1) is 0 Å². The molecule has 2 N–H and O–H groups in total. The molecule has 1 heterocycles. The van der Waals surface area contributed by atoms with Crippen LogP contribution in [-0.4, -0.2) is 23.5 Å². The van der Waals surface area contributed by atoms with Gasteiger partial charge in [0.15, 0.2) is 0 Å². The maximum absolute atomic E-state index is 12.0. The van der Waals surface area contributed by atoms with E-state index in [4.69, 9.17) is 0 Å². The van der Waals surface area contributed by atoms with E-state index in [1.807, 2.05) is 24.3 Å². The minimum absolute atomic E-state index is 0.0159. The Morgan fingerprint density at radius 3 is 2.52 bits per heavy atom. The number of hydrogen-bond acceptors (Lipinski definition) is 3. The number of nitrogens with zero attached hydrogens (tertiary/aromatic N) is 1. The van der Waals surface area contributed by atoms with Gasteiger partial charge in [0.1, 0.15) is 0 Å². The fourth-order valence-electron chi connectivity index (χ4n) is 3.52. The van der Waals surface area contributed by atoms with Gasteiger partial charge in [0, 0.05) is 13.0 Å². The predicted octanol–water partition coefficient (Wildman–Crippen LogP) is 2.21. The van der Waals surface area contributed by atoms with Crippen molar-refractivity contribution in [3.63, 3.8) is 0 Å². The molecule has 21 heavy (non-hydrogen) atoms. The molecule has 2 aliphatic rings. The molecule has 0 atom stereocenters. The molecular formula is C16H20N2O3. The van der Waals surface area contributed by atoms with Crippen LogP contribution in [0.3, 0.4) is 0 Å². The lowest BCUT2D eigenvalue weighted by atomic mass is 9.69. The number of hydrogen-bond donors (Lipinski definition) is 2. The number of carboxylic acids is 1. The zero-order chi connectivity index (χ0) is 14.9. The average molecular weight is 288 g/mol. The first kappa shape index (κ1) is 13.9. The van der Waals surface area contributed by atoms with E-state index in [9.17, 15) is 14.7 Å². The zero-order valence-corrected chi connectivity index (χ0v) is 12.0. The van der Waals surface area contributed by atoms with Crippen molar-refractivity contribution in [3.8, 4) is 0 Å². The van der Waals surface area contributed by atoms with Gasteiger partial charge >= 0.3 is 5.97 Å². The molecule has 1 saturated carbocycles. The van der Waals surface area contributed by atoms with Crippen molar-refractivity contribution in [1.82, 2.24) is 5.43 Å². The van der Waals surface area contributed by atoms with Crippen molar-refractivity contribution in [3.05, 3.63) is 29.8 Å². The highest BCUT2D eigenvalue weighted by atomic mass is 16.4. The lowest BCUT2D eigenvalue weighted by Crippen LogP contribution is -2.41. The van der Waals surface area contributed by atoms with Crippen LogP contribution in [0.1, 0.15) is 44.1 Å². The molecule has 0 aromatic heterocycles. The normalized spacial score (nSPS) is 21.1. The molecule has 0 radical (unpaired) electrons. The smallest absolute Gasteiger partial charge is 0.314 e. The van der Waals surface area contributed by atoms with Crippen molar-refractivity contribution in [1.29, 1.82) is 0 Å². The zero-order valence-electron chi connectivity index (χ0n) is 12.0. The van der Waals surface area contributed by atoms with Gasteiger partial charge in [-0.1, -0.05) is 37.5 Å². The molecule has 1 saturated heterocycles. The second kappa shape index (κ2) is 5.39. The quantitative estimate of drug-likeness (QED) is 0.894. The number of carboxylic acid groups (broad SMARTS) is 1. The topological polar surface area (TPSA) is 69.6 Å². The summed E-state index contributed by atoms with van der Waals surface area (Å²) in [6, 6.07) is 7.58. The van der Waals surface area contributed by atoms with Gasteiger partial charge in [0.25, 0.3) is 0 Å². The Kier molecular flexibility index (Phi) is 3.57. The van der Waals surface area contributed by atoms with Crippen LogP contribution in [0.2, 0.25) is 0 Å². The number of rotatable bonds is 3. The average Bonchev–Trinajstić information content (AvgIpc) is 2.94. The van der Waals surface area contributed by atoms with E-state index in [0.717, 1.165) is 30.5 Å². The minimum atomic E-state index is -0.817. The maximum Gasteiger partial charge on any atom is 0.314 e. The van der Waals surface area contributed by atoms with Gasteiger partial charge in [-0.3, -0.25) is 20.0 Å². The van der Waals surface area contributed by atoms with Crippen molar-refractivity contribution in [2.24, 2.45) is 0 Å². The van der Waals surface area contributed by atoms with Gasteiger partial charge in [-0.2, -0.15) is 0 Å². The van der Waals surface area contributed by atoms with Gasteiger partial charge in [-0.25, -0.2) is 0 Å². The highest BCUT2D eigenvalue weighted by Gasteiger charge is 2.43. The summed E-state index contributed by atoms with van der Waals surface area (Å²) in [5, 5.41) is 11.6. The first-order valence-electron chi connectivity index (χ1n) is 7.53. The summed E-state index contributed by atoms with van der Waals surface area (Å²) in [5.74, 6) is -0.766. The number of para-hydroxylation sites is 1. The number of carbonyl (C=O) groups is 2. The predicted molar refractivity (Wildman–Crippen MR) is 78.9 cm³/mol. The summed E-state index contributed by atoms with van der Waals surface area (Å²) in [6.45, 7) is 0.589. The first-order valence-corrected chi connectivity index (χ1v) is 7.53. The second-order valence-corrected chi connectivity index (χ2v) is 5.90. The van der Waals surface area contributed by atoms with Gasteiger partial charge in [-0.05, 0) is 24.5 Å². The van der Waals surface area contributed by atoms with Crippen LogP contribution in [0.4, 0.5) is 5.69 Å². The van der Waals surface area contributed by atoms with Crippen LogP contribution in [0.25, 0.3) is 0 Å². The van der Waals surface area contributed by atoms with E-state index in [1.165, 1.54) is 0 Å². The lowest BCUT2D eigenvalue weighted by molar-refractivity contribution is -0.145. The molecule has 1 aliphatic carbocycles. The Balaban J connectivity index is 2.04. The van der Waals surface area contributed by atoms with E-state index in [1.54, 1.807) is 5.01 Å². The third-order valence-electron chi connectivity index (χ3n) is 4.65. The Hall–Kier alpha value is -2.04. The van der Waals surface area contributed by atoms with Crippen LogP contribution in [0, 0.1) is 0 Å². The summed E-state index contributed by atoms with van der Waals surface area (Å²) >= 11 is 0. The summed E-state index contributed by atoms with van der Waals surface area (Å²) in [6.07, 6.45) is 4.76. The number of anilines is 1. The SMILES string of the molecule is O=C1CCN(c2ccccc2C2(C(=O)O)CCCCC2)N1. The van der Waals surface area contributed by atoms with Gasteiger partial charge in [0.2, 0.25) is 5.91 Å². The molecule has 1 amide bonds. The van der Waals surface area contributed by atoms with E-state index >= 15 is 0 Å². The monoisotopic (exact) mass is 288 g/mol. The highest BCUT2D eigenvalue weighted by molar-refractivity contribution is 5.86. The largest absolute Gasteiger partial charge is 0.481 e. The number of amides is 1. The maximum atomic E-state index is 12.0. The van der Waals surface area contributed by atoms with Crippen molar-refractivity contribution in [2.75, 3.05) is 11.6 Å². The van der Waals surface area contributed by atoms with Crippen LogP contribution in [-0.2, 0) is 15.0 Å². The molecule has 5 heteroatoms. The van der Waals surface area contributed by atoms with Crippen LogP contribution in [0.5, 0.6) is 0 Å². The van der Waals surface area contributed by atoms with Crippen molar-refractivity contribution < 1.29 is 14.7 Å². The van der Waals surface area contributed by atoms with Crippen molar-refractivity contribution >= 4 is 17.6 Å². The first-order chi connectivity index (χ1) is 10.1. The Bertz CT molecular complexity index is 564. The molecule has 2 fully saturated rings. The standard InChI is InChI=1S/C16H20N2O3/c19-14-8-11-18(17-14)13-7-3-2-6-12(13)16(15(20)21)9-4-1-5-10-16/h2-3,6-7H,1,4-5,8-11H2,(H,17,19)(H,20,21). The molecule has 1 aromatic carbocycles. The van der Waals surface area contributed by atoms with Crippen LogP contribution < -0.4 is 10.4 Å². The Morgan fingerprint density at radius 2 is 1.90 bits per heavy atom. The number of aliphatic carboxylic acids is 1. The molecule has 1 aromatic rings. The summed E-state index contributed by atoms with van der Waals surface area (Å²) < 4.78 is 0. The van der Waals surface area contributed by atoms with Crippen LogP contribution in [0.15, 0.2) is 24.3 Å². The number of nitrogens with one attached hydrogen (secondary N) is 1. The lowest BCUT2D eigenvalue weighted by Gasteiger charge is -2.36. The fourth-order valence-corrected chi connectivity index (χ4v) is 3.52. The molecule has 0 unspecified atom stereocenters. The second-order valence-electron chi connectivity index (χ2n) is 5.90. The van der Waals surface area contributed by atoms with E-state index in [0.29, 0.717) is 25.8 Å². The van der Waals surface area contributed by atoms with Gasteiger partial charge < -0.3 is 5.11 Å². The Morgan fingerprint density at radius 1 is 1.19 bits per heavy atom. The molecule has 1 aliphatic heterocycles. The minimum Gasteiger partial charge on any atom is -0.481 e. The highest BCUT2D eigenvalue weighted by Crippen LogP contribution is 2.43. The van der Waals surface area contributed by atoms with Crippen molar-refractivity contribution in [2.45, 2.75) is 43.9 Å². The molecule has 0 spiro atoms. The molecule has 3 rings (SSSR count). The summed E-state index contributed by atoms with van der Waals surface area (Å²) in [4.78, 5) is 23.5. The molecule has 112 valence electrons. The summed E-state index contributed by atoms with van der Waals surface area (Å²) in [5.41, 5.74) is 3.65. The fraction of sp³-hybridized carbons (Fsp3) is 0.500. The van der Waals surface area contributed by atoms with E-state index in [-0.39, 0.29) is 5.91 Å². The molecule has 0 bridgehead atoms. The molecular weight excluding hydrogens is 268 g/mol. The molecule has 5 nitrogen and oxygen atoms in total. The van der Waals surface area contributed by atoms with Crippen LogP contribution >= 0.6 is 0 Å². The third kappa shape index (κ3) is 2.37. The number of benzene rings is 1. The van der Waals surface area contributed by atoms with Gasteiger partial charge in [0.05, 0.1) is 11.1 Å². The number of hydrazine groups is 1. The van der Waals surface area contributed by atoms with E-state index in [2.05, 4.69) is 5.43 Å². The van der Waals surface area contributed by atoms with E-state index < -0.39 is 11.4 Å². The third-order valence-corrected chi connectivity index (χ3v) is 4.65. The summed E-state index contributed by atoms with van der Waals surface area (Å²) in [7, 11) is 0. The number of carbonyl (C=O) groups excluding carboxylic acids is 1.